The van der Waals surface area contributed by atoms with Gasteiger partial charge in [0.15, 0.2) is 5.76 Å². The third-order valence-electron chi connectivity index (χ3n) is 5.14. The van der Waals surface area contributed by atoms with Crippen molar-refractivity contribution in [2.45, 2.75) is 54.1 Å². The molecule has 1 aromatic carbocycles. The second kappa shape index (κ2) is 10.0. The summed E-state index contributed by atoms with van der Waals surface area (Å²) < 4.78 is 16.8. The predicted octanol–water partition coefficient (Wildman–Crippen LogP) is 6.40. The van der Waals surface area contributed by atoms with E-state index in [1.807, 2.05) is 26.8 Å². The van der Waals surface area contributed by atoms with E-state index in [0.29, 0.717) is 22.2 Å². The van der Waals surface area contributed by atoms with E-state index >= 15 is 0 Å². The van der Waals surface area contributed by atoms with Gasteiger partial charge in [-0.25, -0.2) is 4.79 Å². The molecule has 2 aromatic heterocycles. The first kappa shape index (κ1) is 23.6. The molecular weight excluding hydrogens is 426 g/mol. The van der Waals surface area contributed by atoms with Gasteiger partial charge in [-0.15, -0.1) is 11.3 Å². The lowest BCUT2D eigenvalue weighted by atomic mass is 10.0. The van der Waals surface area contributed by atoms with Gasteiger partial charge in [0, 0.05) is 4.88 Å². The van der Waals surface area contributed by atoms with Crippen LogP contribution in [0.4, 0.5) is 5.00 Å². The van der Waals surface area contributed by atoms with Gasteiger partial charge in [-0.3, -0.25) is 4.79 Å². The summed E-state index contributed by atoms with van der Waals surface area (Å²) in [4.78, 5) is 26.0. The highest BCUT2D eigenvalue weighted by Gasteiger charge is 2.23. The molecule has 0 atom stereocenters. The highest BCUT2D eigenvalue weighted by molar-refractivity contribution is 7.16. The molecule has 170 valence electrons. The number of nitrogens with one attached hydrogen (secondary N) is 1. The normalized spacial score (nSPS) is 11.0. The third kappa shape index (κ3) is 5.22. The molecule has 0 unspecified atom stereocenters. The summed E-state index contributed by atoms with van der Waals surface area (Å²) in [6, 6.07) is 9.46. The number of carbonyl (C=O) groups is 2. The van der Waals surface area contributed by atoms with E-state index in [4.69, 9.17) is 13.9 Å². The lowest BCUT2D eigenvalue weighted by molar-refractivity contribution is 0.0527. The monoisotopic (exact) mass is 455 g/mol. The molecule has 0 aliphatic heterocycles. The minimum Gasteiger partial charge on any atom is -0.485 e. The zero-order valence-corrected chi connectivity index (χ0v) is 20.1. The molecule has 3 rings (SSSR count). The second-order valence-electron chi connectivity index (χ2n) is 7.91. The van der Waals surface area contributed by atoms with E-state index in [9.17, 15) is 9.59 Å². The number of hydrogen-bond donors (Lipinski definition) is 1. The number of esters is 1. The van der Waals surface area contributed by atoms with Crippen LogP contribution in [0.5, 0.6) is 5.75 Å². The zero-order chi connectivity index (χ0) is 23.4. The SMILES string of the molecule is CCOC(=O)c1c(NC(=O)c2ccc(COc3cc(C)ccc3C(C)C)o2)sc(C)c1C. The second-order valence-corrected chi connectivity index (χ2v) is 9.14. The molecular formula is C25H29NO5S. The standard InChI is InChI=1S/C25H29NO5S/c1-7-29-25(28)22-16(5)17(6)32-24(22)26-23(27)20-11-9-18(31-20)13-30-21-12-15(4)8-10-19(21)14(2)3/h8-12,14H,7,13H2,1-6H3,(H,26,27). The van der Waals surface area contributed by atoms with Gasteiger partial charge >= 0.3 is 5.97 Å². The fourth-order valence-electron chi connectivity index (χ4n) is 3.30. The van der Waals surface area contributed by atoms with Crippen LogP contribution in [0.1, 0.15) is 74.9 Å². The van der Waals surface area contributed by atoms with E-state index in [2.05, 4.69) is 31.3 Å². The van der Waals surface area contributed by atoms with Crippen molar-refractivity contribution < 1.29 is 23.5 Å². The van der Waals surface area contributed by atoms with Gasteiger partial charge in [0.1, 0.15) is 23.1 Å². The summed E-state index contributed by atoms with van der Waals surface area (Å²) in [6.45, 7) is 12.2. The molecule has 0 aliphatic carbocycles. The summed E-state index contributed by atoms with van der Waals surface area (Å²) in [5, 5.41) is 3.25. The quantitative estimate of drug-likeness (QED) is 0.398. The number of anilines is 1. The fourth-order valence-corrected chi connectivity index (χ4v) is 4.34. The molecule has 1 amide bonds. The molecule has 6 nitrogen and oxygen atoms in total. The number of rotatable bonds is 8. The van der Waals surface area contributed by atoms with E-state index in [1.54, 1.807) is 19.1 Å². The number of ether oxygens (including phenoxy) is 2. The highest BCUT2D eigenvalue weighted by Crippen LogP contribution is 2.33. The highest BCUT2D eigenvalue weighted by atomic mass is 32.1. The number of thiophene rings is 1. The van der Waals surface area contributed by atoms with Crippen molar-refractivity contribution in [2.75, 3.05) is 11.9 Å². The molecule has 7 heteroatoms. The van der Waals surface area contributed by atoms with Gasteiger partial charge in [-0.1, -0.05) is 26.0 Å². The van der Waals surface area contributed by atoms with Crippen molar-refractivity contribution in [1.29, 1.82) is 0 Å². The Kier molecular flexibility index (Phi) is 7.40. The van der Waals surface area contributed by atoms with Crippen molar-refractivity contribution in [3.05, 3.63) is 69.0 Å². The Hall–Kier alpha value is -3.06. The average Bonchev–Trinajstić information content (AvgIpc) is 3.31. The number of hydrogen-bond acceptors (Lipinski definition) is 6. The van der Waals surface area contributed by atoms with Crippen LogP contribution < -0.4 is 10.1 Å². The molecule has 0 radical (unpaired) electrons. The van der Waals surface area contributed by atoms with Crippen LogP contribution in [0.2, 0.25) is 0 Å². The first-order chi connectivity index (χ1) is 15.2. The van der Waals surface area contributed by atoms with E-state index < -0.39 is 11.9 Å². The molecule has 32 heavy (non-hydrogen) atoms. The topological polar surface area (TPSA) is 77.8 Å². The fraction of sp³-hybridized carbons (Fsp3) is 0.360. The molecule has 0 saturated carbocycles. The number of benzene rings is 1. The average molecular weight is 456 g/mol. The first-order valence-electron chi connectivity index (χ1n) is 10.6. The summed E-state index contributed by atoms with van der Waals surface area (Å²) in [5.41, 5.74) is 3.42. The van der Waals surface area contributed by atoms with Crippen molar-refractivity contribution in [3.63, 3.8) is 0 Å². The Balaban J connectivity index is 1.72. The lowest BCUT2D eigenvalue weighted by Crippen LogP contribution is -2.14. The Bertz CT molecular complexity index is 1130. The first-order valence-corrected chi connectivity index (χ1v) is 11.4. The number of carbonyl (C=O) groups excluding carboxylic acids is 2. The Morgan fingerprint density at radius 2 is 1.88 bits per heavy atom. The zero-order valence-electron chi connectivity index (χ0n) is 19.3. The Morgan fingerprint density at radius 3 is 2.56 bits per heavy atom. The molecule has 0 saturated heterocycles. The summed E-state index contributed by atoms with van der Waals surface area (Å²) in [7, 11) is 0. The largest absolute Gasteiger partial charge is 0.485 e. The van der Waals surface area contributed by atoms with Crippen LogP contribution in [-0.4, -0.2) is 18.5 Å². The van der Waals surface area contributed by atoms with Gasteiger partial charge in [0.05, 0.1) is 12.2 Å². The van der Waals surface area contributed by atoms with Crippen molar-refractivity contribution >= 4 is 28.2 Å². The molecule has 0 aliphatic rings. The molecule has 2 heterocycles. The van der Waals surface area contributed by atoms with Gasteiger partial charge in [-0.05, 0) is 68.5 Å². The maximum atomic E-state index is 12.8. The van der Waals surface area contributed by atoms with Gasteiger partial charge in [0.25, 0.3) is 5.91 Å². The van der Waals surface area contributed by atoms with E-state index in [0.717, 1.165) is 27.3 Å². The lowest BCUT2D eigenvalue weighted by Gasteiger charge is -2.14. The van der Waals surface area contributed by atoms with Gasteiger partial charge in [0.2, 0.25) is 0 Å². The maximum absolute atomic E-state index is 12.8. The predicted molar refractivity (Wildman–Crippen MR) is 126 cm³/mol. The summed E-state index contributed by atoms with van der Waals surface area (Å²) in [5.74, 6) is 0.950. The van der Waals surface area contributed by atoms with Crippen LogP contribution in [0.3, 0.4) is 0 Å². The Morgan fingerprint density at radius 1 is 1.12 bits per heavy atom. The van der Waals surface area contributed by atoms with Crippen LogP contribution in [-0.2, 0) is 11.3 Å². The third-order valence-corrected chi connectivity index (χ3v) is 6.26. The van der Waals surface area contributed by atoms with E-state index in [-0.39, 0.29) is 19.0 Å². The van der Waals surface area contributed by atoms with Crippen LogP contribution in [0.15, 0.2) is 34.7 Å². The Labute approximate surface area is 192 Å². The van der Waals surface area contributed by atoms with E-state index in [1.165, 1.54) is 11.3 Å². The molecule has 0 fully saturated rings. The summed E-state index contributed by atoms with van der Waals surface area (Å²) >= 11 is 1.34. The molecule has 3 aromatic rings. The van der Waals surface area contributed by atoms with Crippen LogP contribution in [0, 0.1) is 20.8 Å². The van der Waals surface area contributed by atoms with Gasteiger partial charge < -0.3 is 19.2 Å². The summed E-state index contributed by atoms with van der Waals surface area (Å²) in [6.07, 6.45) is 0. The van der Waals surface area contributed by atoms with Crippen LogP contribution in [0.25, 0.3) is 0 Å². The van der Waals surface area contributed by atoms with Crippen molar-refractivity contribution in [1.82, 2.24) is 0 Å². The van der Waals surface area contributed by atoms with Crippen molar-refractivity contribution in [2.24, 2.45) is 0 Å². The molecule has 1 N–H and O–H groups in total. The van der Waals surface area contributed by atoms with Crippen LogP contribution >= 0.6 is 11.3 Å². The molecule has 0 bridgehead atoms. The number of amides is 1. The van der Waals surface area contributed by atoms with Crippen molar-refractivity contribution in [3.8, 4) is 5.75 Å². The number of aryl methyl sites for hydroxylation is 2. The number of furan rings is 1. The smallest absolute Gasteiger partial charge is 0.341 e. The maximum Gasteiger partial charge on any atom is 0.341 e. The minimum atomic E-state index is -0.447. The molecule has 0 spiro atoms. The van der Waals surface area contributed by atoms with Gasteiger partial charge in [-0.2, -0.15) is 0 Å². The minimum absolute atomic E-state index is 0.149.